The van der Waals surface area contributed by atoms with Gasteiger partial charge in [-0.1, -0.05) is 0 Å². The molecule has 0 aliphatic heterocycles. The third-order valence-corrected chi connectivity index (χ3v) is 5.62. The second kappa shape index (κ2) is 9.28. The summed E-state index contributed by atoms with van der Waals surface area (Å²) in [6.07, 6.45) is 0.360. The summed E-state index contributed by atoms with van der Waals surface area (Å²) >= 11 is 0. The van der Waals surface area contributed by atoms with Gasteiger partial charge in [-0.3, -0.25) is 14.0 Å². The van der Waals surface area contributed by atoms with Crippen molar-refractivity contribution < 1.29 is 18.0 Å². The fourth-order valence-corrected chi connectivity index (χ4v) is 3.89. The Hall–Kier alpha value is -4.08. The fourth-order valence-electron chi connectivity index (χ4n) is 3.89. The molecule has 35 heavy (non-hydrogen) atoms. The third kappa shape index (κ3) is 4.91. The first-order valence-corrected chi connectivity index (χ1v) is 11.0. The van der Waals surface area contributed by atoms with Crippen LogP contribution in [0.2, 0.25) is 0 Å². The average Bonchev–Trinajstić information content (AvgIpc) is 3.32. The largest absolute Gasteiger partial charge is 0.416 e. The van der Waals surface area contributed by atoms with Crippen molar-refractivity contribution >= 4 is 34.1 Å². The van der Waals surface area contributed by atoms with Crippen LogP contribution in [-0.4, -0.2) is 39.1 Å². The van der Waals surface area contributed by atoms with Gasteiger partial charge < -0.3 is 16.0 Å². The van der Waals surface area contributed by atoms with Crippen LogP contribution >= 0.6 is 0 Å². The van der Waals surface area contributed by atoms with E-state index < -0.39 is 11.7 Å². The molecule has 0 aliphatic carbocycles. The molecule has 1 atom stereocenters. The summed E-state index contributed by atoms with van der Waals surface area (Å²) in [5, 5.41) is 19.3. The van der Waals surface area contributed by atoms with E-state index in [0.717, 1.165) is 34.0 Å². The first kappa shape index (κ1) is 24.1. The number of nitrogens with one attached hydrogen (secondary N) is 3. The van der Waals surface area contributed by atoms with E-state index in [4.69, 9.17) is 5.41 Å². The maximum Gasteiger partial charge on any atom is 0.416 e. The van der Waals surface area contributed by atoms with Crippen LogP contribution in [0.4, 0.5) is 13.2 Å². The molecule has 0 spiro atoms. The predicted molar refractivity (Wildman–Crippen MR) is 130 cm³/mol. The molecule has 0 bridgehead atoms. The first-order chi connectivity index (χ1) is 16.6. The van der Waals surface area contributed by atoms with Crippen molar-refractivity contribution in [3.05, 3.63) is 71.6 Å². The van der Waals surface area contributed by atoms with Crippen molar-refractivity contribution in [2.45, 2.75) is 26.1 Å². The van der Waals surface area contributed by atoms with E-state index in [0.29, 0.717) is 23.4 Å². The van der Waals surface area contributed by atoms with Gasteiger partial charge in [0.25, 0.3) is 5.91 Å². The van der Waals surface area contributed by atoms with Crippen molar-refractivity contribution in [3.8, 4) is 5.69 Å². The normalized spacial score (nSPS) is 13.3. The molecule has 0 saturated carbocycles. The lowest BCUT2D eigenvalue weighted by Crippen LogP contribution is -2.38. The summed E-state index contributed by atoms with van der Waals surface area (Å²) in [5.74, 6) is -0.242. The quantitative estimate of drug-likeness (QED) is 0.331. The number of aryl methyl sites for hydroxylation is 1. The summed E-state index contributed by atoms with van der Waals surface area (Å²) in [5.41, 5.74) is 2.38. The Morgan fingerprint density at radius 2 is 1.89 bits per heavy atom. The lowest BCUT2D eigenvalue weighted by molar-refractivity contribution is -0.137. The van der Waals surface area contributed by atoms with Gasteiger partial charge in [0.1, 0.15) is 0 Å². The third-order valence-electron chi connectivity index (χ3n) is 5.62. The molecule has 2 aromatic carbocycles. The van der Waals surface area contributed by atoms with E-state index in [9.17, 15) is 18.0 Å². The number of allylic oxidation sites excluding steroid dienone is 1. The number of rotatable bonds is 7. The smallest absolute Gasteiger partial charge is 0.389 e. The average molecular weight is 483 g/mol. The molecule has 2 aromatic heterocycles. The minimum Gasteiger partial charge on any atom is -0.389 e. The monoisotopic (exact) mass is 482 g/mol. The summed E-state index contributed by atoms with van der Waals surface area (Å²) in [7, 11) is 1.77. The van der Waals surface area contributed by atoms with Crippen molar-refractivity contribution in [1.29, 1.82) is 5.41 Å². The lowest BCUT2D eigenvalue weighted by atomic mass is 10.1. The molecule has 1 unspecified atom stereocenters. The van der Waals surface area contributed by atoms with Gasteiger partial charge in [-0.25, -0.2) is 0 Å². The molecular weight excluding hydrogens is 457 g/mol. The van der Waals surface area contributed by atoms with Gasteiger partial charge in [-0.2, -0.15) is 18.3 Å². The summed E-state index contributed by atoms with van der Waals surface area (Å²) in [6.45, 7) is 4.17. The molecule has 1 amide bonds. The second-order valence-electron chi connectivity index (χ2n) is 8.47. The van der Waals surface area contributed by atoms with Crippen LogP contribution in [0, 0.1) is 5.41 Å². The zero-order valence-electron chi connectivity index (χ0n) is 19.4. The van der Waals surface area contributed by atoms with Crippen LogP contribution in [0.15, 0.2) is 60.4 Å². The molecule has 4 aromatic rings. The highest BCUT2D eigenvalue weighted by atomic mass is 19.4. The summed E-state index contributed by atoms with van der Waals surface area (Å²) in [4.78, 5) is 12.9. The molecule has 0 fully saturated rings. The van der Waals surface area contributed by atoms with E-state index in [1.807, 2.05) is 13.1 Å². The number of benzene rings is 2. The molecule has 0 aliphatic rings. The number of hydrogen-bond donors (Lipinski definition) is 3. The Labute approximate surface area is 199 Å². The number of amides is 1. The fraction of sp³-hybridized carbons (Fsp3) is 0.240. The Balaban J connectivity index is 1.66. The zero-order chi connectivity index (χ0) is 25.3. The number of carbonyl (C=O) groups is 1. The van der Waals surface area contributed by atoms with Gasteiger partial charge in [-0.15, -0.1) is 0 Å². The van der Waals surface area contributed by atoms with Gasteiger partial charge >= 0.3 is 6.18 Å². The second-order valence-corrected chi connectivity index (χ2v) is 8.47. The molecule has 0 saturated heterocycles. The number of alkyl halides is 3. The van der Waals surface area contributed by atoms with E-state index in [-0.39, 0.29) is 11.9 Å². The minimum atomic E-state index is -4.41. The van der Waals surface area contributed by atoms with Crippen LogP contribution in [0.25, 0.3) is 27.6 Å². The number of carbonyl (C=O) groups excluding carboxylic acids is 1. The Morgan fingerprint density at radius 3 is 2.54 bits per heavy atom. The highest BCUT2D eigenvalue weighted by Gasteiger charge is 2.30. The molecular formula is C25H25F3N6O. The van der Waals surface area contributed by atoms with E-state index in [1.54, 1.807) is 47.6 Å². The number of nitrogens with zero attached hydrogens (tertiary/aromatic N) is 3. The predicted octanol–water partition coefficient (Wildman–Crippen LogP) is 4.80. The van der Waals surface area contributed by atoms with Crippen LogP contribution in [0.1, 0.15) is 29.8 Å². The molecule has 182 valence electrons. The summed E-state index contributed by atoms with van der Waals surface area (Å²) < 4.78 is 42.5. The minimum absolute atomic E-state index is 0.164. The Morgan fingerprint density at radius 1 is 1.17 bits per heavy atom. The standard InChI is InChI=1S/C25H25F3N6O/c1-15(11-29)12-30-13-16(2)31-24(35)17-4-9-22-20(10-17)21-14-33(3)32-23(21)34(22)19-7-5-18(6-8-19)25(26,27)28/h4-12,14,16,29-30H,13H2,1-3H3,(H,31,35)/b15-12-,29-11?. The molecule has 2 heterocycles. The van der Waals surface area contributed by atoms with Gasteiger partial charge in [0.15, 0.2) is 5.65 Å². The van der Waals surface area contributed by atoms with Crippen LogP contribution in [-0.2, 0) is 13.2 Å². The van der Waals surface area contributed by atoms with Gasteiger partial charge in [-0.05, 0) is 61.9 Å². The molecule has 3 N–H and O–H groups in total. The number of fused-ring (bicyclic) bond motifs is 3. The molecule has 7 nitrogen and oxygen atoms in total. The zero-order valence-corrected chi connectivity index (χ0v) is 19.4. The highest BCUT2D eigenvalue weighted by molar-refractivity contribution is 6.10. The van der Waals surface area contributed by atoms with Gasteiger partial charge in [0, 0.05) is 60.3 Å². The first-order valence-electron chi connectivity index (χ1n) is 11.0. The van der Waals surface area contributed by atoms with Crippen molar-refractivity contribution in [3.63, 3.8) is 0 Å². The van der Waals surface area contributed by atoms with Crippen molar-refractivity contribution in [2.75, 3.05) is 6.54 Å². The van der Waals surface area contributed by atoms with Crippen LogP contribution < -0.4 is 10.6 Å². The maximum atomic E-state index is 13.0. The van der Waals surface area contributed by atoms with Crippen LogP contribution in [0.3, 0.4) is 0 Å². The topological polar surface area (TPSA) is 87.7 Å². The highest BCUT2D eigenvalue weighted by Crippen LogP contribution is 2.34. The van der Waals surface area contributed by atoms with Crippen molar-refractivity contribution in [2.24, 2.45) is 7.05 Å². The molecule has 4 rings (SSSR count). The lowest BCUT2D eigenvalue weighted by Gasteiger charge is -2.14. The van der Waals surface area contributed by atoms with E-state index in [1.165, 1.54) is 18.3 Å². The van der Waals surface area contributed by atoms with Gasteiger partial charge in [0.05, 0.1) is 11.1 Å². The van der Waals surface area contributed by atoms with Crippen LogP contribution in [0.5, 0.6) is 0 Å². The maximum absolute atomic E-state index is 13.0. The van der Waals surface area contributed by atoms with E-state index >= 15 is 0 Å². The number of halogens is 3. The molecule has 10 heteroatoms. The van der Waals surface area contributed by atoms with Crippen molar-refractivity contribution in [1.82, 2.24) is 25.0 Å². The number of hydrogen-bond acceptors (Lipinski definition) is 4. The molecule has 0 radical (unpaired) electrons. The number of aromatic nitrogens is 3. The Kier molecular flexibility index (Phi) is 6.38. The SMILES string of the molecule is C/C(C=N)=C/NCC(C)NC(=O)c1ccc2c(c1)c1cn(C)nc1n2-c1ccc(C(F)(F)F)cc1. The summed E-state index contributed by atoms with van der Waals surface area (Å²) in [6, 6.07) is 10.0. The Bertz CT molecular complexity index is 1430. The van der Waals surface area contributed by atoms with E-state index in [2.05, 4.69) is 15.7 Å². The van der Waals surface area contributed by atoms with Gasteiger partial charge in [0.2, 0.25) is 0 Å².